The second-order valence-electron chi connectivity index (χ2n) is 8.02. The van der Waals surface area contributed by atoms with E-state index < -0.39 is 12.1 Å². The van der Waals surface area contributed by atoms with Crippen molar-refractivity contribution in [3.8, 4) is 16.9 Å². The summed E-state index contributed by atoms with van der Waals surface area (Å²) in [5.41, 5.74) is 4.61. The van der Waals surface area contributed by atoms with E-state index in [0.29, 0.717) is 11.8 Å². The Kier molecular flexibility index (Phi) is 4.08. The second kappa shape index (κ2) is 6.60. The van der Waals surface area contributed by atoms with Crippen LogP contribution >= 0.6 is 0 Å². The van der Waals surface area contributed by atoms with Crippen LogP contribution in [0.3, 0.4) is 0 Å². The SMILES string of the molecule is Cc1cc(C)cc(-n2c(-c3ccc(F)cc3)c[n+]3c2N=C2C3C(=O)N(C)C(=O)N2C)c1. The van der Waals surface area contributed by atoms with E-state index in [-0.39, 0.29) is 11.7 Å². The highest BCUT2D eigenvalue weighted by Gasteiger charge is 2.52. The number of likely N-dealkylation sites (N-methyl/N-ethyl adjacent to an activating group) is 2. The van der Waals surface area contributed by atoms with Crippen LogP contribution in [0.4, 0.5) is 15.1 Å². The lowest BCUT2D eigenvalue weighted by atomic mass is 10.1. The van der Waals surface area contributed by atoms with Crippen LogP contribution in [0.15, 0.2) is 53.7 Å². The van der Waals surface area contributed by atoms with Crippen molar-refractivity contribution >= 4 is 23.7 Å². The Balaban J connectivity index is 1.80. The van der Waals surface area contributed by atoms with Gasteiger partial charge in [-0.2, -0.15) is 4.57 Å². The van der Waals surface area contributed by atoms with Gasteiger partial charge < -0.3 is 0 Å². The molecule has 0 saturated carbocycles. The highest BCUT2D eigenvalue weighted by molar-refractivity contribution is 6.18. The number of rotatable bonds is 2. The number of benzene rings is 2. The fourth-order valence-electron chi connectivity index (χ4n) is 4.30. The number of aryl methyl sites for hydroxylation is 2. The van der Waals surface area contributed by atoms with Crippen molar-refractivity contribution in [3.05, 3.63) is 65.6 Å². The summed E-state index contributed by atoms with van der Waals surface area (Å²) < 4.78 is 17.3. The molecular weight excluding hydrogens is 397 g/mol. The molecule has 1 atom stereocenters. The first-order valence-corrected chi connectivity index (χ1v) is 9.91. The van der Waals surface area contributed by atoms with Crippen molar-refractivity contribution in [2.45, 2.75) is 19.9 Å². The summed E-state index contributed by atoms with van der Waals surface area (Å²) in [6.45, 7) is 4.03. The monoisotopic (exact) mass is 418 g/mol. The first-order chi connectivity index (χ1) is 14.8. The number of urea groups is 1. The molecule has 3 amide bonds. The Morgan fingerprint density at radius 2 is 1.61 bits per heavy atom. The molecule has 0 radical (unpaired) electrons. The molecule has 0 N–H and O–H groups in total. The zero-order valence-electron chi connectivity index (χ0n) is 17.6. The number of hydrogen-bond acceptors (Lipinski definition) is 3. The quantitative estimate of drug-likeness (QED) is 0.600. The zero-order valence-corrected chi connectivity index (χ0v) is 17.6. The lowest BCUT2D eigenvalue weighted by molar-refractivity contribution is -0.676. The minimum absolute atomic E-state index is 0.321. The summed E-state index contributed by atoms with van der Waals surface area (Å²) in [6.07, 6.45) is 1.84. The molecule has 3 aromatic rings. The van der Waals surface area contributed by atoms with E-state index in [1.807, 2.05) is 36.7 Å². The minimum atomic E-state index is -0.728. The number of carbonyl (C=O) groups excluding carboxylic acids is 2. The van der Waals surface area contributed by atoms with Crippen LogP contribution in [-0.4, -0.2) is 46.2 Å². The van der Waals surface area contributed by atoms with Gasteiger partial charge >= 0.3 is 12.0 Å². The normalized spacial score (nSPS) is 17.7. The molecule has 2 aromatic carbocycles. The van der Waals surface area contributed by atoms with Gasteiger partial charge in [-0.3, -0.25) is 14.6 Å². The third kappa shape index (κ3) is 2.78. The largest absolute Gasteiger partial charge is 0.407 e. The standard InChI is InChI=1S/C23H21FN5O2/c1-13-9-14(2)11-17(10-13)29-18(15-5-7-16(24)8-6-15)12-28-19-20(25-22(28)29)26(3)23(31)27(4)21(19)30/h5-12,19H,1-4H3/q+1. The van der Waals surface area contributed by atoms with E-state index in [1.54, 1.807) is 23.7 Å². The Morgan fingerprint density at radius 3 is 2.26 bits per heavy atom. The third-order valence-corrected chi connectivity index (χ3v) is 5.76. The van der Waals surface area contributed by atoms with Gasteiger partial charge in [-0.1, -0.05) is 11.1 Å². The Morgan fingerprint density at radius 1 is 0.968 bits per heavy atom. The van der Waals surface area contributed by atoms with Gasteiger partial charge in [0.15, 0.2) is 0 Å². The maximum absolute atomic E-state index is 13.6. The number of carbonyl (C=O) groups is 2. The van der Waals surface area contributed by atoms with Gasteiger partial charge in [0.25, 0.3) is 5.91 Å². The van der Waals surface area contributed by atoms with Gasteiger partial charge in [0.1, 0.15) is 23.4 Å². The number of nitrogens with zero attached hydrogens (tertiary/aromatic N) is 5. The molecule has 0 spiro atoms. The molecule has 1 unspecified atom stereocenters. The molecule has 156 valence electrons. The van der Waals surface area contributed by atoms with Crippen molar-refractivity contribution in [2.75, 3.05) is 14.1 Å². The fraction of sp³-hybridized carbons (Fsp3) is 0.217. The third-order valence-electron chi connectivity index (χ3n) is 5.76. The molecule has 1 aromatic heterocycles. The number of imide groups is 1. The molecule has 31 heavy (non-hydrogen) atoms. The van der Waals surface area contributed by atoms with Crippen molar-refractivity contribution in [1.82, 2.24) is 14.4 Å². The minimum Gasteiger partial charge on any atom is -0.270 e. The highest BCUT2D eigenvalue weighted by atomic mass is 19.1. The van der Waals surface area contributed by atoms with E-state index in [0.717, 1.165) is 33.0 Å². The maximum Gasteiger partial charge on any atom is 0.407 e. The van der Waals surface area contributed by atoms with Crippen molar-refractivity contribution < 1.29 is 18.5 Å². The number of amides is 3. The summed E-state index contributed by atoms with van der Waals surface area (Å²) in [4.78, 5) is 32.6. The summed E-state index contributed by atoms with van der Waals surface area (Å²) in [5, 5.41) is 0. The van der Waals surface area contributed by atoms with Crippen molar-refractivity contribution in [3.63, 3.8) is 0 Å². The molecule has 7 nitrogen and oxygen atoms in total. The summed E-state index contributed by atoms with van der Waals surface area (Å²) in [5.74, 6) is 0.270. The maximum atomic E-state index is 13.6. The summed E-state index contributed by atoms with van der Waals surface area (Å²) >= 11 is 0. The molecule has 0 bridgehead atoms. The van der Waals surface area contributed by atoms with Gasteiger partial charge in [-0.25, -0.2) is 13.8 Å². The molecule has 2 aliphatic rings. The lowest BCUT2D eigenvalue weighted by Crippen LogP contribution is -2.61. The predicted molar refractivity (Wildman–Crippen MR) is 113 cm³/mol. The number of fused-ring (bicyclic) bond motifs is 3. The molecule has 1 saturated heterocycles. The van der Waals surface area contributed by atoms with E-state index >= 15 is 0 Å². The van der Waals surface area contributed by atoms with E-state index in [9.17, 15) is 14.0 Å². The Labute approximate surface area is 178 Å². The van der Waals surface area contributed by atoms with Crippen molar-refractivity contribution in [1.29, 1.82) is 0 Å². The van der Waals surface area contributed by atoms with Crippen LogP contribution in [-0.2, 0) is 4.79 Å². The number of imidazole rings is 1. The number of halogens is 1. The number of aliphatic imine (C=N–C) groups is 1. The first kappa shape index (κ1) is 19.2. The van der Waals surface area contributed by atoms with E-state index in [2.05, 4.69) is 6.07 Å². The van der Waals surface area contributed by atoms with Crippen LogP contribution in [0.2, 0.25) is 0 Å². The van der Waals surface area contributed by atoms with Crippen LogP contribution in [0.1, 0.15) is 17.2 Å². The average Bonchev–Trinajstić information content (AvgIpc) is 3.26. The number of hydrogen-bond donors (Lipinski definition) is 0. The fourth-order valence-corrected chi connectivity index (χ4v) is 4.30. The van der Waals surface area contributed by atoms with Crippen LogP contribution in [0.5, 0.6) is 0 Å². The van der Waals surface area contributed by atoms with Gasteiger partial charge in [-0.05, 0) is 61.4 Å². The van der Waals surface area contributed by atoms with Gasteiger partial charge in [0.2, 0.25) is 11.9 Å². The van der Waals surface area contributed by atoms with Crippen molar-refractivity contribution in [2.24, 2.45) is 4.99 Å². The molecule has 8 heteroatoms. The number of amidine groups is 1. The highest BCUT2D eigenvalue weighted by Crippen LogP contribution is 2.35. The number of aromatic nitrogens is 2. The van der Waals surface area contributed by atoms with Crippen LogP contribution < -0.4 is 4.57 Å². The molecule has 3 heterocycles. The molecule has 1 fully saturated rings. The summed E-state index contributed by atoms with van der Waals surface area (Å²) in [7, 11) is 3.09. The predicted octanol–water partition coefficient (Wildman–Crippen LogP) is 3.30. The molecule has 2 aliphatic heterocycles. The zero-order chi connectivity index (χ0) is 22.0. The van der Waals surface area contributed by atoms with Crippen LogP contribution in [0, 0.1) is 19.7 Å². The topological polar surface area (TPSA) is 61.8 Å². The molecule has 5 rings (SSSR count). The molecule has 0 aliphatic carbocycles. The smallest absolute Gasteiger partial charge is 0.270 e. The van der Waals surface area contributed by atoms with E-state index in [4.69, 9.17) is 4.99 Å². The Bertz CT molecular complexity index is 1270. The summed E-state index contributed by atoms with van der Waals surface area (Å²) in [6, 6.07) is 11.2. The first-order valence-electron chi connectivity index (χ1n) is 9.91. The Hall–Kier alpha value is -3.81. The molecular formula is C23H21FN5O2+. The lowest BCUT2D eigenvalue weighted by Gasteiger charge is -2.30. The van der Waals surface area contributed by atoms with Gasteiger partial charge in [0, 0.05) is 19.7 Å². The average molecular weight is 418 g/mol. The van der Waals surface area contributed by atoms with E-state index in [1.165, 1.54) is 24.1 Å². The second-order valence-corrected chi connectivity index (χ2v) is 8.02. The van der Waals surface area contributed by atoms with Gasteiger partial charge in [-0.15, -0.1) is 0 Å². The van der Waals surface area contributed by atoms with Crippen LogP contribution in [0.25, 0.3) is 16.9 Å². The van der Waals surface area contributed by atoms with Gasteiger partial charge in [0.05, 0.1) is 0 Å².